The quantitative estimate of drug-likeness (QED) is 0.720. The normalized spacial score (nSPS) is 13.5. The first-order valence-electron chi connectivity index (χ1n) is 9.08. The van der Waals surface area contributed by atoms with E-state index in [1.54, 1.807) is 17.3 Å². The number of H-pyrrole nitrogens is 2. The van der Waals surface area contributed by atoms with Crippen LogP contribution in [0.3, 0.4) is 0 Å². The molecule has 4 rings (SSSR count). The van der Waals surface area contributed by atoms with Gasteiger partial charge >= 0.3 is 0 Å². The second kappa shape index (κ2) is 7.22. The number of hydrogen-bond acceptors (Lipinski definition) is 5. The van der Waals surface area contributed by atoms with Crippen molar-refractivity contribution in [3.05, 3.63) is 47.3 Å². The minimum Gasteiger partial charge on any atom is -0.482 e. The zero-order valence-corrected chi connectivity index (χ0v) is 15.5. The Balaban J connectivity index is 1.41. The molecule has 0 atom stereocenters. The molecule has 0 saturated heterocycles. The minimum absolute atomic E-state index is 0.00972. The van der Waals surface area contributed by atoms with Crippen molar-refractivity contribution in [1.82, 2.24) is 30.0 Å². The Bertz CT molecular complexity index is 947. The molecule has 27 heavy (non-hydrogen) atoms. The number of hydrogen-bond donors (Lipinski definition) is 2. The van der Waals surface area contributed by atoms with Crippen molar-refractivity contribution in [1.29, 1.82) is 0 Å². The number of rotatable bonds is 5. The number of fused-ring (bicyclic) bond motifs is 1. The van der Waals surface area contributed by atoms with E-state index >= 15 is 0 Å². The number of carbonyl (C=O) groups is 1. The van der Waals surface area contributed by atoms with Crippen molar-refractivity contribution < 1.29 is 9.53 Å². The van der Waals surface area contributed by atoms with Crippen molar-refractivity contribution in [2.45, 2.75) is 33.2 Å². The SMILES string of the molecule is CCc1nc(C)ccc1OCC(=O)N1CCc2nc(-c3cn[nH]c3)[nH]c2C1. The van der Waals surface area contributed by atoms with E-state index in [1.165, 1.54) is 0 Å². The van der Waals surface area contributed by atoms with Gasteiger partial charge in [0.15, 0.2) is 6.61 Å². The van der Waals surface area contributed by atoms with Crippen molar-refractivity contribution >= 4 is 5.91 Å². The Morgan fingerprint density at radius 1 is 1.33 bits per heavy atom. The van der Waals surface area contributed by atoms with Crippen LogP contribution >= 0.6 is 0 Å². The van der Waals surface area contributed by atoms with E-state index in [0.29, 0.717) is 18.8 Å². The maximum Gasteiger partial charge on any atom is 0.260 e. The van der Waals surface area contributed by atoms with E-state index in [2.05, 4.69) is 25.1 Å². The number of pyridine rings is 1. The molecule has 3 aromatic rings. The van der Waals surface area contributed by atoms with Gasteiger partial charge < -0.3 is 14.6 Å². The summed E-state index contributed by atoms with van der Waals surface area (Å²) >= 11 is 0. The first-order chi connectivity index (χ1) is 13.1. The summed E-state index contributed by atoms with van der Waals surface area (Å²) in [5.41, 5.74) is 4.71. The first-order valence-corrected chi connectivity index (χ1v) is 9.08. The molecule has 4 heterocycles. The summed E-state index contributed by atoms with van der Waals surface area (Å²) < 4.78 is 5.76. The zero-order chi connectivity index (χ0) is 18.8. The zero-order valence-electron chi connectivity index (χ0n) is 15.5. The van der Waals surface area contributed by atoms with E-state index in [4.69, 9.17) is 4.74 Å². The molecular weight excluding hydrogens is 344 g/mol. The highest BCUT2D eigenvalue weighted by Gasteiger charge is 2.24. The van der Waals surface area contributed by atoms with E-state index in [-0.39, 0.29) is 12.5 Å². The summed E-state index contributed by atoms with van der Waals surface area (Å²) in [5.74, 6) is 1.42. The van der Waals surface area contributed by atoms with Crippen LogP contribution in [0.1, 0.15) is 29.7 Å². The van der Waals surface area contributed by atoms with Gasteiger partial charge in [-0.3, -0.25) is 14.9 Å². The third-order valence-corrected chi connectivity index (χ3v) is 4.71. The lowest BCUT2D eigenvalue weighted by atomic mass is 10.1. The lowest BCUT2D eigenvalue weighted by molar-refractivity contribution is -0.134. The van der Waals surface area contributed by atoms with Crippen molar-refractivity contribution in [3.63, 3.8) is 0 Å². The van der Waals surface area contributed by atoms with Crippen molar-refractivity contribution in [2.75, 3.05) is 13.2 Å². The molecule has 0 saturated carbocycles. The summed E-state index contributed by atoms with van der Waals surface area (Å²) in [6.07, 6.45) is 5.01. The second-order valence-corrected chi connectivity index (χ2v) is 6.60. The number of carbonyl (C=O) groups excluding carboxylic acids is 1. The van der Waals surface area contributed by atoms with Crippen LogP contribution in [-0.2, 0) is 24.2 Å². The highest BCUT2D eigenvalue weighted by atomic mass is 16.5. The second-order valence-electron chi connectivity index (χ2n) is 6.60. The molecule has 0 radical (unpaired) electrons. The molecule has 0 bridgehead atoms. The lowest BCUT2D eigenvalue weighted by Gasteiger charge is -2.26. The van der Waals surface area contributed by atoms with Gasteiger partial charge in [0.05, 0.1) is 35.4 Å². The van der Waals surface area contributed by atoms with Crippen LogP contribution in [0, 0.1) is 6.92 Å². The van der Waals surface area contributed by atoms with Gasteiger partial charge in [0.2, 0.25) is 0 Å². The van der Waals surface area contributed by atoms with Gasteiger partial charge in [-0.15, -0.1) is 0 Å². The summed E-state index contributed by atoms with van der Waals surface area (Å²) in [4.78, 5) is 26.8. The molecule has 8 heteroatoms. The fourth-order valence-electron chi connectivity index (χ4n) is 3.24. The number of nitrogens with zero attached hydrogens (tertiary/aromatic N) is 4. The van der Waals surface area contributed by atoms with Gasteiger partial charge in [0, 0.05) is 24.9 Å². The molecule has 1 amide bonds. The predicted molar refractivity (Wildman–Crippen MR) is 99.1 cm³/mol. The predicted octanol–water partition coefficient (Wildman–Crippen LogP) is 2.03. The average Bonchev–Trinajstić information content (AvgIpc) is 3.35. The maximum atomic E-state index is 12.6. The van der Waals surface area contributed by atoms with E-state index in [9.17, 15) is 4.79 Å². The first kappa shape index (κ1) is 17.3. The van der Waals surface area contributed by atoms with Crippen molar-refractivity contribution in [3.8, 4) is 17.1 Å². The lowest BCUT2D eigenvalue weighted by Crippen LogP contribution is -2.39. The molecule has 3 aromatic heterocycles. The van der Waals surface area contributed by atoms with Gasteiger partial charge in [-0.1, -0.05) is 6.92 Å². The molecule has 2 N–H and O–H groups in total. The fraction of sp³-hybridized carbons (Fsp3) is 0.368. The molecule has 8 nitrogen and oxygen atoms in total. The number of nitrogens with one attached hydrogen (secondary N) is 2. The molecule has 0 spiro atoms. The number of aryl methyl sites for hydroxylation is 2. The van der Waals surface area contributed by atoms with Crippen LogP contribution in [0.25, 0.3) is 11.4 Å². The van der Waals surface area contributed by atoms with Gasteiger partial charge in [0.25, 0.3) is 5.91 Å². The van der Waals surface area contributed by atoms with Gasteiger partial charge in [-0.2, -0.15) is 5.10 Å². The number of aromatic amines is 2. The van der Waals surface area contributed by atoms with Crippen LogP contribution in [0.15, 0.2) is 24.5 Å². The summed E-state index contributed by atoms with van der Waals surface area (Å²) in [6, 6.07) is 3.78. The number of imidazole rings is 1. The van der Waals surface area contributed by atoms with E-state index in [1.807, 2.05) is 26.0 Å². The fourth-order valence-corrected chi connectivity index (χ4v) is 3.24. The summed E-state index contributed by atoms with van der Waals surface area (Å²) in [7, 11) is 0. The highest BCUT2D eigenvalue weighted by molar-refractivity contribution is 5.78. The number of ether oxygens (including phenoxy) is 1. The van der Waals surface area contributed by atoms with Gasteiger partial charge in [0.1, 0.15) is 11.6 Å². The maximum absolute atomic E-state index is 12.6. The number of amides is 1. The van der Waals surface area contributed by atoms with Crippen LogP contribution in [-0.4, -0.2) is 49.1 Å². The minimum atomic E-state index is -0.0391. The highest BCUT2D eigenvalue weighted by Crippen LogP contribution is 2.22. The Labute approximate surface area is 157 Å². The van der Waals surface area contributed by atoms with Crippen LogP contribution in [0.5, 0.6) is 5.75 Å². The molecular formula is C19H22N6O2. The molecule has 0 aliphatic carbocycles. The Hall–Kier alpha value is -3.16. The van der Waals surface area contributed by atoms with Crippen LogP contribution in [0.4, 0.5) is 0 Å². The van der Waals surface area contributed by atoms with Crippen molar-refractivity contribution in [2.24, 2.45) is 0 Å². The Morgan fingerprint density at radius 2 is 2.22 bits per heavy atom. The molecule has 1 aliphatic heterocycles. The molecule has 0 fully saturated rings. The third kappa shape index (κ3) is 3.55. The standard InChI is InChI=1S/C19H22N6O2/c1-3-14-17(5-4-12(2)22-14)27-11-18(26)25-7-6-15-16(10-25)24-19(23-15)13-8-20-21-9-13/h4-5,8-9H,3,6-7,10-11H2,1-2H3,(H,20,21)(H,23,24). The average molecular weight is 366 g/mol. The van der Waals surface area contributed by atoms with Gasteiger partial charge in [-0.25, -0.2) is 4.98 Å². The molecule has 140 valence electrons. The van der Waals surface area contributed by atoms with Crippen LogP contribution in [0.2, 0.25) is 0 Å². The largest absolute Gasteiger partial charge is 0.482 e. The third-order valence-electron chi connectivity index (χ3n) is 4.71. The molecule has 0 aromatic carbocycles. The molecule has 0 unspecified atom stereocenters. The summed E-state index contributed by atoms with van der Waals surface area (Å²) in [5, 5.41) is 6.73. The van der Waals surface area contributed by atoms with Crippen LogP contribution < -0.4 is 4.74 Å². The topological polar surface area (TPSA) is 99.8 Å². The summed E-state index contributed by atoms with van der Waals surface area (Å²) in [6.45, 7) is 5.13. The Kier molecular flexibility index (Phi) is 4.62. The smallest absolute Gasteiger partial charge is 0.260 e. The van der Waals surface area contributed by atoms with E-state index in [0.717, 1.165) is 47.0 Å². The van der Waals surface area contributed by atoms with Gasteiger partial charge in [-0.05, 0) is 25.5 Å². The monoisotopic (exact) mass is 366 g/mol. The Morgan fingerprint density at radius 3 is 3.00 bits per heavy atom. The van der Waals surface area contributed by atoms with E-state index < -0.39 is 0 Å². The molecule has 1 aliphatic rings. The number of aromatic nitrogens is 5.